The first kappa shape index (κ1) is 14.0. The molecule has 0 aliphatic rings. The molecule has 19 heavy (non-hydrogen) atoms. The summed E-state index contributed by atoms with van der Waals surface area (Å²) in [5.41, 5.74) is 0.902. The second-order valence-corrected chi connectivity index (χ2v) is 4.82. The van der Waals surface area contributed by atoms with E-state index < -0.39 is 6.10 Å². The first-order valence-corrected chi connectivity index (χ1v) is 6.75. The molecule has 0 saturated carbocycles. The molecule has 0 amide bonds. The zero-order valence-electron chi connectivity index (χ0n) is 11.2. The predicted molar refractivity (Wildman–Crippen MR) is 78.1 cm³/mol. The van der Waals surface area contributed by atoms with Crippen molar-refractivity contribution in [2.75, 3.05) is 13.2 Å². The van der Waals surface area contributed by atoms with Crippen molar-refractivity contribution in [2.24, 2.45) is 0 Å². The van der Waals surface area contributed by atoms with Crippen LogP contribution in [0.3, 0.4) is 0 Å². The molecule has 0 saturated heterocycles. The van der Waals surface area contributed by atoms with Crippen molar-refractivity contribution in [1.82, 2.24) is 5.32 Å². The zero-order chi connectivity index (χ0) is 13.7. The highest BCUT2D eigenvalue weighted by molar-refractivity contribution is 5.83. The summed E-state index contributed by atoms with van der Waals surface area (Å²) in [7, 11) is 0. The van der Waals surface area contributed by atoms with Gasteiger partial charge in [0, 0.05) is 12.6 Å². The minimum absolute atomic E-state index is 0.0510. The molecule has 0 aliphatic carbocycles. The maximum absolute atomic E-state index is 10.2. The van der Waals surface area contributed by atoms with E-state index in [0.717, 1.165) is 17.4 Å². The number of hydrogen-bond donors (Lipinski definition) is 3. The fraction of sp³-hybridized carbons (Fsp3) is 0.375. The molecule has 0 fully saturated rings. The van der Waals surface area contributed by atoms with Crippen LogP contribution in [0.2, 0.25) is 0 Å². The van der Waals surface area contributed by atoms with E-state index in [0.29, 0.717) is 6.54 Å². The van der Waals surface area contributed by atoms with Gasteiger partial charge in [-0.3, -0.25) is 0 Å². The predicted octanol–water partition coefficient (Wildman–Crippen LogP) is 2.23. The lowest BCUT2D eigenvalue weighted by atomic mass is 10.0. The number of fused-ring (bicyclic) bond motifs is 1. The van der Waals surface area contributed by atoms with E-state index in [1.807, 2.05) is 43.3 Å². The molecule has 0 spiro atoms. The lowest BCUT2D eigenvalue weighted by Gasteiger charge is -2.18. The molecule has 2 rings (SSSR count). The average molecular weight is 259 g/mol. The van der Waals surface area contributed by atoms with Gasteiger partial charge >= 0.3 is 0 Å². The zero-order valence-corrected chi connectivity index (χ0v) is 11.2. The molecule has 2 aromatic carbocycles. The van der Waals surface area contributed by atoms with Gasteiger partial charge in [0.2, 0.25) is 0 Å². The Bertz CT molecular complexity index is 523. The van der Waals surface area contributed by atoms with E-state index in [9.17, 15) is 5.11 Å². The third-order valence-electron chi connectivity index (χ3n) is 3.47. The molecule has 3 nitrogen and oxygen atoms in total. The summed E-state index contributed by atoms with van der Waals surface area (Å²) in [5.74, 6) is 0. The molecule has 0 bridgehead atoms. The van der Waals surface area contributed by atoms with Gasteiger partial charge in [-0.25, -0.2) is 0 Å². The third-order valence-corrected chi connectivity index (χ3v) is 3.47. The summed E-state index contributed by atoms with van der Waals surface area (Å²) in [6.45, 7) is 2.56. The molecule has 3 heteroatoms. The third kappa shape index (κ3) is 3.53. The Morgan fingerprint density at radius 3 is 2.53 bits per heavy atom. The van der Waals surface area contributed by atoms with Crippen LogP contribution in [-0.2, 0) is 0 Å². The van der Waals surface area contributed by atoms with Crippen LogP contribution in [0.15, 0.2) is 42.5 Å². The van der Waals surface area contributed by atoms with Crippen LogP contribution in [0, 0.1) is 0 Å². The Kier molecular flexibility index (Phi) is 4.91. The largest absolute Gasteiger partial charge is 0.395 e. The first-order valence-electron chi connectivity index (χ1n) is 6.75. The highest BCUT2D eigenvalue weighted by atomic mass is 16.3. The van der Waals surface area contributed by atoms with Crippen molar-refractivity contribution < 1.29 is 10.2 Å². The minimum Gasteiger partial charge on any atom is -0.395 e. The Morgan fingerprint density at radius 2 is 1.84 bits per heavy atom. The summed E-state index contributed by atoms with van der Waals surface area (Å²) in [5, 5.41) is 24.8. The number of benzene rings is 2. The molecule has 3 N–H and O–H groups in total. The minimum atomic E-state index is -0.551. The Balaban J connectivity index is 2.06. The van der Waals surface area contributed by atoms with Crippen molar-refractivity contribution in [3.05, 3.63) is 48.0 Å². The first-order chi connectivity index (χ1) is 9.24. The van der Waals surface area contributed by atoms with Crippen molar-refractivity contribution in [2.45, 2.75) is 25.5 Å². The van der Waals surface area contributed by atoms with Gasteiger partial charge in [-0.15, -0.1) is 0 Å². The molecule has 0 heterocycles. The summed E-state index contributed by atoms with van der Waals surface area (Å²) >= 11 is 0. The highest BCUT2D eigenvalue weighted by Gasteiger charge is 2.10. The summed E-state index contributed by atoms with van der Waals surface area (Å²) in [4.78, 5) is 0. The van der Waals surface area contributed by atoms with Gasteiger partial charge in [0.15, 0.2) is 0 Å². The molecular weight excluding hydrogens is 238 g/mol. The average Bonchev–Trinajstić information content (AvgIpc) is 2.47. The van der Waals surface area contributed by atoms with E-state index in [4.69, 9.17) is 5.11 Å². The Hall–Kier alpha value is -1.42. The van der Waals surface area contributed by atoms with E-state index in [-0.39, 0.29) is 12.6 Å². The lowest BCUT2D eigenvalue weighted by molar-refractivity contribution is 0.158. The Labute approximate surface area is 113 Å². The smallest absolute Gasteiger partial charge is 0.0914 e. The molecule has 2 atom stereocenters. The quantitative estimate of drug-likeness (QED) is 0.745. The standard InChI is InChI=1S/C16H21NO2/c1-2-15(11-18)17-10-16(19)14-8-7-12-5-3-4-6-13(12)9-14/h3-9,15-19H,2,10-11H2,1H3/t15-,16+/m1/s1. The SMILES string of the molecule is CC[C@H](CO)NC[C@H](O)c1ccc2ccccc2c1. The fourth-order valence-corrected chi connectivity index (χ4v) is 2.15. The van der Waals surface area contributed by atoms with Gasteiger partial charge in [-0.2, -0.15) is 0 Å². The normalized spacial score (nSPS) is 14.5. The maximum atomic E-state index is 10.2. The molecule has 102 valence electrons. The molecule has 0 radical (unpaired) electrons. The monoisotopic (exact) mass is 259 g/mol. The molecular formula is C16H21NO2. The van der Waals surface area contributed by atoms with Crippen LogP contribution in [0.1, 0.15) is 25.0 Å². The van der Waals surface area contributed by atoms with Crippen LogP contribution >= 0.6 is 0 Å². The van der Waals surface area contributed by atoms with Gasteiger partial charge in [0.05, 0.1) is 12.7 Å². The van der Waals surface area contributed by atoms with Crippen LogP contribution < -0.4 is 5.32 Å². The molecule has 0 aromatic heterocycles. The van der Waals surface area contributed by atoms with E-state index >= 15 is 0 Å². The second-order valence-electron chi connectivity index (χ2n) is 4.82. The molecule has 0 aliphatic heterocycles. The van der Waals surface area contributed by atoms with Gasteiger partial charge in [-0.1, -0.05) is 43.3 Å². The summed E-state index contributed by atoms with van der Waals surface area (Å²) in [6, 6.07) is 14.1. The van der Waals surface area contributed by atoms with Crippen molar-refractivity contribution in [3.8, 4) is 0 Å². The van der Waals surface area contributed by atoms with Gasteiger partial charge in [0.1, 0.15) is 0 Å². The van der Waals surface area contributed by atoms with E-state index in [1.165, 1.54) is 5.39 Å². The van der Waals surface area contributed by atoms with Crippen LogP contribution in [-0.4, -0.2) is 29.4 Å². The molecule has 2 aromatic rings. The summed E-state index contributed by atoms with van der Waals surface area (Å²) in [6.07, 6.45) is 0.297. The van der Waals surface area contributed by atoms with Crippen LogP contribution in [0.4, 0.5) is 0 Å². The van der Waals surface area contributed by atoms with E-state index in [2.05, 4.69) is 11.4 Å². The number of rotatable bonds is 6. The van der Waals surface area contributed by atoms with Gasteiger partial charge in [0.25, 0.3) is 0 Å². The number of aliphatic hydroxyl groups excluding tert-OH is 2. The number of nitrogens with one attached hydrogen (secondary N) is 1. The second kappa shape index (κ2) is 6.66. The van der Waals surface area contributed by atoms with Gasteiger partial charge < -0.3 is 15.5 Å². The van der Waals surface area contributed by atoms with Gasteiger partial charge in [-0.05, 0) is 28.8 Å². The Morgan fingerprint density at radius 1 is 1.11 bits per heavy atom. The van der Waals surface area contributed by atoms with Crippen LogP contribution in [0.5, 0.6) is 0 Å². The number of hydrogen-bond acceptors (Lipinski definition) is 3. The topological polar surface area (TPSA) is 52.5 Å². The number of aliphatic hydroxyl groups is 2. The summed E-state index contributed by atoms with van der Waals surface area (Å²) < 4.78 is 0. The van der Waals surface area contributed by atoms with Crippen molar-refractivity contribution in [3.63, 3.8) is 0 Å². The van der Waals surface area contributed by atoms with Crippen molar-refractivity contribution >= 4 is 10.8 Å². The lowest BCUT2D eigenvalue weighted by Crippen LogP contribution is -2.34. The van der Waals surface area contributed by atoms with Crippen molar-refractivity contribution in [1.29, 1.82) is 0 Å². The van der Waals surface area contributed by atoms with E-state index in [1.54, 1.807) is 0 Å². The van der Waals surface area contributed by atoms with Crippen LogP contribution in [0.25, 0.3) is 10.8 Å². The highest BCUT2D eigenvalue weighted by Crippen LogP contribution is 2.20. The molecule has 0 unspecified atom stereocenters. The fourth-order valence-electron chi connectivity index (χ4n) is 2.15. The maximum Gasteiger partial charge on any atom is 0.0914 e.